The van der Waals surface area contributed by atoms with Gasteiger partial charge in [0.05, 0.1) is 24.7 Å². The van der Waals surface area contributed by atoms with Gasteiger partial charge >= 0.3 is 6.11 Å². The molecule has 0 aromatic heterocycles. The Bertz CT molecular complexity index is 1230. The molecule has 10 heteroatoms. The van der Waals surface area contributed by atoms with E-state index in [2.05, 4.69) is 6.92 Å². The highest BCUT2D eigenvalue weighted by atomic mass is 19.3. The third kappa shape index (κ3) is 6.51. The molecule has 0 spiro atoms. The van der Waals surface area contributed by atoms with Crippen LogP contribution in [0.3, 0.4) is 0 Å². The third-order valence-corrected chi connectivity index (χ3v) is 9.02. The lowest BCUT2D eigenvalue weighted by molar-refractivity contribution is -0.251. The van der Waals surface area contributed by atoms with Crippen LogP contribution in [0.15, 0.2) is 24.3 Å². The molecule has 2 aromatic carbocycles. The molecule has 1 saturated heterocycles. The van der Waals surface area contributed by atoms with E-state index in [1.807, 2.05) is 0 Å². The van der Waals surface area contributed by atoms with E-state index in [4.69, 9.17) is 19.5 Å². The van der Waals surface area contributed by atoms with E-state index in [-0.39, 0.29) is 18.8 Å². The molecule has 41 heavy (non-hydrogen) atoms. The first-order valence-corrected chi connectivity index (χ1v) is 14.2. The molecule has 1 heterocycles. The van der Waals surface area contributed by atoms with Gasteiger partial charge in [-0.1, -0.05) is 19.8 Å². The van der Waals surface area contributed by atoms with Crippen molar-refractivity contribution >= 4 is 0 Å². The van der Waals surface area contributed by atoms with Crippen LogP contribution in [-0.4, -0.2) is 25.6 Å². The van der Waals surface area contributed by atoms with Crippen molar-refractivity contribution in [3.05, 3.63) is 53.1 Å². The molecule has 0 atom stereocenters. The Morgan fingerprint density at radius 2 is 1.29 bits per heavy atom. The Labute approximate surface area is 235 Å². The van der Waals surface area contributed by atoms with Gasteiger partial charge in [-0.3, -0.25) is 0 Å². The van der Waals surface area contributed by atoms with Crippen LogP contribution in [-0.2, 0) is 9.47 Å². The van der Waals surface area contributed by atoms with Gasteiger partial charge in [0, 0.05) is 24.0 Å². The van der Waals surface area contributed by atoms with Crippen LogP contribution < -0.4 is 4.74 Å². The topological polar surface area (TPSA) is 51.5 Å². The summed E-state index contributed by atoms with van der Waals surface area (Å²) in [6.45, 7) is 3.53. The first kappa shape index (κ1) is 29.7. The maximum atomic E-state index is 15.1. The monoisotopic (exact) mass is 581 g/mol. The van der Waals surface area contributed by atoms with Crippen LogP contribution >= 0.6 is 0 Å². The van der Waals surface area contributed by atoms with Crippen molar-refractivity contribution in [3.8, 4) is 22.9 Å². The molecule has 0 radical (unpaired) electrons. The second-order valence-corrected chi connectivity index (χ2v) is 11.8. The molecule has 5 rings (SSSR count). The molecule has 4 nitrogen and oxygen atoms in total. The zero-order valence-corrected chi connectivity index (χ0v) is 22.8. The first-order chi connectivity index (χ1) is 19.6. The minimum Gasteiger partial charge on any atom is -0.432 e. The Morgan fingerprint density at radius 3 is 1.83 bits per heavy atom. The van der Waals surface area contributed by atoms with Gasteiger partial charge < -0.3 is 14.2 Å². The van der Waals surface area contributed by atoms with E-state index < -0.39 is 64.0 Å². The average Bonchev–Trinajstić information content (AvgIpc) is 2.93. The minimum atomic E-state index is -3.70. The maximum Gasteiger partial charge on any atom is 0.400 e. The van der Waals surface area contributed by atoms with Crippen LogP contribution in [0, 0.1) is 64.2 Å². The number of halogens is 6. The predicted molar refractivity (Wildman–Crippen MR) is 138 cm³/mol. The summed E-state index contributed by atoms with van der Waals surface area (Å²) in [4.78, 5) is 0. The zero-order chi connectivity index (χ0) is 29.3. The summed E-state index contributed by atoms with van der Waals surface area (Å²) < 4.78 is 104. The van der Waals surface area contributed by atoms with Crippen LogP contribution in [0.4, 0.5) is 26.3 Å². The zero-order valence-electron chi connectivity index (χ0n) is 22.8. The van der Waals surface area contributed by atoms with E-state index in [9.17, 15) is 17.6 Å². The fourth-order valence-electron chi connectivity index (χ4n) is 6.51. The van der Waals surface area contributed by atoms with E-state index in [0.29, 0.717) is 62.2 Å². The maximum absolute atomic E-state index is 15.1. The second kappa shape index (κ2) is 12.2. The first-order valence-electron chi connectivity index (χ1n) is 14.2. The quantitative estimate of drug-likeness (QED) is 0.322. The summed E-state index contributed by atoms with van der Waals surface area (Å²) in [5, 5.41) is 8.79. The summed E-state index contributed by atoms with van der Waals surface area (Å²) >= 11 is 0. The molecule has 3 fully saturated rings. The van der Waals surface area contributed by atoms with Gasteiger partial charge in [0.1, 0.15) is 40.7 Å². The Hall–Kier alpha value is -2.77. The van der Waals surface area contributed by atoms with Crippen molar-refractivity contribution in [1.29, 1.82) is 5.26 Å². The number of alkyl halides is 2. The van der Waals surface area contributed by atoms with Gasteiger partial charge in [0.25, 0.3) is 0 Å². The Balaban J connectivity index is 1.17. The third-order valence-electron chi connectivity index (χ3n) is 9.02. The molecule has 0 bridgehead atoms. The highest BCUT2D eigenvalue weighted by molar-refractivity contribution is 5.67. The van der Waals surface area contributed by atoms with Crippen LogP contribution in [0.25, 0.3) is 11.1 Å². The molecule has 2 saturated carbocycles. The number of rotatable bonds is 6. The lowest BCUT2D eigenvalue weighted by Crippen LogP contribution is -2.43. The number of nitrogens with zero attached hydrogens (tertiary/aromatic N) is 1. The fourth-order valence-corrected chi connectivity index (χ4v) is 6.51. The van der Waals surface area contributed by atoms with E-state index in [1.54, 1.807) is 0 Å². The average molecular weight is 582 g/mol. The largest absolute Gasteiger partial charge is 0.432 e. The summed E-state index contributed by atoms with van der Waals surface area (Å²) in [5.41, 5.74) is -2.24. The van der Waals surface area contributed by atoms with Crippen molar-refractivity contribution in [2.45, 2.75) is 70.7 Å². The number of hydrogen-bond acceptors (Lipinski definition) is 4. The minimum absolute atomic E-state index is 0.0169. The molecule has 222 valence electrons. The van der Waals surface area contributed by atoms with Crippen LogP contribution in [0.5, 0.6) is 5.75 Å². The lowest BCUT2D eigenvalue weighted by Gasteiger charge is -2.41. The highest BCUT2D eigenvalue weighted by Crippen LogP contribution is 2.43. The molecule has 0 N–H and O–H groups in total. The van der Waals surface area contributed by atoms with E-state index in [1.165, 1.54) is 31.8 Å². The lowest BCUT2D eigenvalue weighted by atomic mass is 9.76. The Morgan fingerprint density at radius 1 is 0.756 bits per heavy atom. The highest BCUT2D eigenvalue weighted by Gasteiger charge is 2.46. The van der Waals surface area contributed by atoms with Crippen molar-refractivity contribution in [2.24, 2.45) is 29.6 Å². The second-order valence-electron chi connectivity index (χ2n) is 11.8. The standard InChI is InChI=1S/C31H33F6NO3/c1-17-2-4-18(5-3-17)21-15-39-30(40-16-21)19-6-8-22(9-7-19)31(36,37)41-23-12-27(34)29(28(35)13-23)20-10-25(32)24(14-38)26(33)11-20/h10-13,17-19,21-22,30H,2-9,15-16H2,1H3. The SMILES string of the molecule is CC1CCC(C2COC(C3CCC(C(F)(F)Oc4cc(F)c(-c5cc(F)c(C#N)c(F)c5)c(F)c4)CC3)OC2)CC1. The molecule has 3 aliphatic rings. The van der Waals surface area contributed by atoms with E-state index >= 15 is 8.78 Å². The van der Waals surface area contributed by atoms with Gasteiger partial charge in [0.15, 0.2) is 6.29 Å². The van der Waals surface area contributed by atoms with Crippen molar-refractivity contribution in [2.75, 3.05) is 13.2 Å². The molecule has 0 amide bonds. The Kier molecular flexibility index (Phi) is 8.86. The summed E-state index contributed by atoms with van der Waals surface area (Å²) in [6.07, 6.45) is 1.84. The number of benzene rings is 2. The number of hydrogen-bond donors (Lipinski definition) is 0. The fraction of sp³-hybridized carbons (Fsp3) is 0.581. The van der Waals surface area contributed by atoms with Gasteiger partial charge in [-0.2, -0.15) is 14.0 Å². The molecular formula is C31H33F6NO3. The van der Waals surface area contributed by atoms with Crippen molar-refractivity contribution in [3.63, 3.8) is 0 Å². The molecule has 1 aliphatic heterocycles. The van der Waals surface area contributed by atoms with Gasteiger partial charge in [-0.05, 0) is 68.1 Å². The summed E-state index contributed by atoms with van der Waals surface area (Å²) in [5.74, 6) is -5.46. The molecule has 2 aliphatic carbocycles. The number of ether oxygens (including phenoxy) is 3. The van der Waals surface area contributed by atoms with E-state index in [0.717, 1.165) is 5.92 Å². The summed E-state index contributed by atoms with van der Waals surface area (Å²) in [7, 11) is 0. The van der Waals surface area contributed by atoms with Crippen LogP contribution in [0.1, 0.15) is 63.9 Å². The predicted octanol–water partition coefficient (Wildman–Crippen LogP) is 8.38. The van der Waals surface area contributed by atoms with Crippen molar-refractivity contribution in [1.82, 2.24) is 0 Å². The van der Waals surface area contributed by atoms with Gasteiger partial charge in [-0.25, -0.2) is 17.6 Å². The molecule has 2 aromatic rings. The van der Waals surface area contributed by atoms with Gasteiger partial charge in [0.2, 0.25) is 0 Å². The summed E-state index contributed by atoms with van der Waals surface area (Å²) in [6, 6.07) is 3.64. The molecular weight excluding hydrogens is 548 g/mol. The van der Waals surface area contributed by atoms with Crippen molar-refractivity contribution < 1.29 is 40.6 Å². The van der Waals surface area contributed by atoms with Gasteiger partial charge in [-0.15, -0.1) is 0 Å². The molecule has 0 unspecified atom stereocenters. The van der Waals surface area contributed by atoms with Crippen LogP contribution in [0.2, 0.25) is 0 Å². The number of nitriles is 1. The normalized spacial score (nSPS) is 29.1. The smallest absolute Gasteiger partial charge is 0.400 e.